The van der Waals surface area contributed by atoms with E-state index < -0.39 is 5.54 Å². The lowest BCUT2D eigenvalue weighted by molar-refractivity contribution is -0.148. The zero-order valence-corrected chi connectivity index (χ0v) is 11.7. The summed E-state index contributed by atoms with van der Waals surface area (Å²) in [5, 5.41) is 0. The van der Waals surface area contributed by atoms with Crippen LogP contribution in [0.2, 0.25) is 0 Å². The van der Waals surface area contributed by atoms with E-state index in [1.807, 2.05) is 13.0 Å². The minimum atomic E-state index is -0.852. The molecule has 0 aliphatic rings. The maximum atomic E-state index is 10.9. The first kappa shape index (κ1) is 17.1. The Labute approximate surface area is 113 Å². The minimum absolute atomic E-state index is 0.339. The van der Waals surface area contributed by atoms with Crippen molar-refractivity contribution in [2.24, 2.45) is 11.5 Å². The number of benzene rings is 1. The monoisotopic (exact) mass is 266 g/mol. The quantitative estimate of drug-likeness (QED) is 0.806. The number of amides is 1. The molecule has 1 rings (SSSR count). The summed E-state index contributed by atoms with van der Waals surface area (Å²) in [4.78, 5) is 21.3. The molecule has 0 heterocycles. The van der Waals surface area contributed by atoms with Crippen LogP contribution in [0.4, 0.5) is 0 Å². The molecular formula is C14H22N2O3. The normalized spacial score (nSPS) is 10.1. The van der Waals surface area contributed by atoms with Crippen molar-refractivity contribution in [3.8, 4) is 0 Å². The maximum Gasteiger partial charge on any atom is 0.325 e. The number of hydrogen-bond donors (Lipinski definition) is 2. The predicted molar refractivity (Wildman–Crippen MR) is 74.5 cm³/mol. The van der Waals surface area contributed by atoms with Crippen LogP contribution in [-0.4, -0.2) is 24.0 Å². The summed E-state index contributed by atoms with van der Waals surface area (Å²) in [6.07, 6.45) is 0.835. The molecule has 0 radical (unpaired) electrons. The zero-order valence-electron chi connectivity index (χ0n) is 11.7. The number of hydrogen-bond acceptors (Lipinski definition) is 4. The van der Waals surface area contributed by atoms with Gasteiger partial charge in [0.25, 0.3) is 0 Å². The van der Waals surface area contributed by atoms with E-state index in [9.17, 15) is 9.59 Å². The molecule has 0 aliphatic heterocycles. The average Bonchev–Trinajstić information content (AvgIpc) is 2.36. The molecule has 19 heavy (non-hydrogen) atoms. The molecule has 106 valence electrons. The lowest BCUT2D eigenvalue weighted by Gasteiger charge is -2.15. The van der Waals surface area contributed by atoms with Crippen LogP contribution in [-0.2, 0) is 9.53 Å². The second-order valence-electron chi connectivity index (χ2n) is 4.59. The number of nitrogens with two attached hydrogens (primary N) is 2. The van der Waals surface area contributed by atoms with Gasteiger partial charge < -0.3 is 16.2 Å². The highest BCUT2D eigenvalue weighted by Gasteiger charge is 2.22. The van der Waals surface area contributed by atoms with Crippen LogP contribution in [0.5, 0.6) is 0 Å². The Kier molecular flexibility index (Phi) is 7.44. The third-order valence-corrected chi connectivity index (χ3v) is 2.02. The Bertz CT molecular complexity index is 397. The number of carbonyl (C=O) groups is 2. The summed E-state index contributed by atoms with van der Waals surface area (Å²) in [5.41, 5.74) is 10.1. The number of rotatable bonds is 4. The van der Waals surface area contributed by atoms with Gasteiger partial charge in [0.05, 0.1) is 6.61 Å². The zero-order chi connectivity index (χ0) is 14.9. The smallest absolute Gasteiger partial charge is 0.325 e. The summed E-state index contributed by atoms with van der Waals surface area (Å²) >= 11 is 0. The van der Waals surface area contributed by atoms with Gasteiger partial charge >= 0.3 is 5.97 Å². The lowest BCUT2D eigenvalue weighted by atomic mass is 10.1. The van der Waals surface area contributed by atoms with Crippen molar-refractivity contribution in [2.45, 2.75) is 32.7 Å². The molecule has 5 heteroatoms. The van der Waals surface area contributed by atoms with Gasteiger partial charge in [-0.3, -0.25) is 9.59 Å². The minimum Gasteiger partial charge on any atom is -0.464 e. The van der Waals surface area contributed by atoms with Crippen molar-refractivity contribution >= 4 is 11.9 Å². The Hall–Kier alpha value is -1.88. The molecule has 1 aromatic rings. The molecule has 0 bridgehead atoms. The van der Waals surface area contributed by atoms with Gasteiger partial charge in [0.15, 0.2) is 0 Å². The van der Waals surface area contributed by atoms with Crippen molar-refractivity contribution in [1.82, 2.24) is 0 Å². The van der Waals surface area contributed by atoms with Gasteiger partial charge in [-0.25, -0.2) is 0 Å². The summed E-state index contributed by atoms with van der Waals surface area (Å²) in [6.45, 7) is 5.66. The van der Waals surface area contributed by atoms with Gasteiger partial charge in [0.1, 0.15) is 5.54 Å². The molecule has 0 saturated heterocycles. The first-order chi connectivity index (χ1) is 8.79. The highest BCUT2D eigenvalue weighted by atomic mass is 16.5. The lowest BCUT2D eigenvalue weighted by Crippen LogP contribution is -2.42. The van der Waals surface area contributed by atoms with Crippen molar-refractivity contribution in [1.29, 1.82) is 0 Å². The largest absolute Gasteiger partial charge is 0.464 e. The first-order valence-corrected chi connectivity index (χ1v) is 6.10. The molecular weight excluding hydrogens is 244 g/mol. The Morgan fingerprint density at radius 1 is 1.21 bits per heavy atom. The van der Waals surface area contributed by atoms with Crippen LogP contribution in [0, 0.1) is 0 Å². The van der Waals surface area contributed by atoms with Gasteiger partial charge in [-0.1, -0.05) is 25.1 Å². The molecule has 0 aliphatic carbocycles. The van der Waals surface area contributed by atoms with E-state index in [0.717, 1.165) is 6.42 Å². The summed E-state index contributed by atoms with van der Waals surface area (Å²) in [5.74, 6) is -0.718. The Morgan fingerprint density at radius 2 is 1.74 bits per heavy atom. The summed E-state index contributed by atoms with van der Waals surface area (Å²) in [7, 11) is 0. The molecule has 1 aromatic carbocycles. The highest BCUT2D eigenvalue weighted by molar-refractivity contribution is 5.92. The SMILES string of the molecule is CCCOC(=O)C(C)(C)N.NC(=O)c1ccccc1. The molecule has 4 N–H and O–H groups in total. The fourth-order valence-corrected chi connectivity index (χ4v) is 0.983. The summed E-state index contributed by atoms with van der Waals surface area (Å²) < 4.78 is 4.79. The maximum absolute atomic E-state index is 10.9. The van der Waals surface area contributed by atoms with Crippen molar-refractivity contribution < 1.29 is 14.3 Å². The van der Waals surface area contributed by atoms with Crippen LogP contribution in [0.1, 0.15) is 37.6 Å². The number of esters is 1. The third-order valence-electron chi connectivity index (χ3n) is 2.02. The van der Waals surface area contributed by atoms with Crippen molar-refractivity contribution in [2.75, 3.05) is 6.61 Å². The number of carbonyl (C=O) groups excluding carboxylic acids is 2. The molecule has 0 unspecified atom stereocenters. The van der Waals surface area contributed by atoms with Gasteiger partial charge in [-0.05, 0) is 32.4 Å². The number of primary amides is 1. The predicted octanol–water partition coefficient (Wildman–Crippen LogP) is 1.46. The van der Waals surface area contributed by atoms with E-state index >= 15 is 0 Å². The van der Waals surface area contributed by atoms with E-state index in [0.29, 0.717) is 12.2 Å². The average molecular weight is 266 g/mol. The van der Waals surface area contributed by atoms with Crippen LogP contribution < -0.4 is 11.5 Å². The van der Waals surface area contributed by atoms with Gasteiger partial charge in [0, 0.05) is 5.56 Å². The molecule has 5 nitrogen and oxygen atoms in total. The fourth-order valence-electron chi connectivity index (χ4n) is 0.983. The molecule has 0 saturated carbocycles. The molecule has 0 atom stereocenters. The van der Waals surface area contributed by atoms with E-state index in [2.05, 4.69) is 0 Å². The van der Waals surface area contributed by atoms with Gasteiger partial charge in [-0.2, -0.15) is 0 Å². The molecule has 0 aromatic heterocycles. The standard InChI is InChI=1S/C7H15NO2.C7H7NO/c1-4-5-10-6(9)7(2,3)8;8-7(9)6-4-2-1-3-5-6/h4-5,8H2,1-3H3;1-5H,(H2,8,9). The topological polar surface area (TPSA) is 95.4 Å². The van der Waals surface area contributed by atoms with Crippen LogP contribution >= 0.6 is 0 Å². The van der Waals surface area contributed by atoms with E-state index in [4.69, 9.17) is 16.2 Å². The fraction of sp³-hybridized carbons (Fsp3) is 0.429. The molecule has 1 amide bonds. The second kappa shape index (κ2) is 8.26. The van der Waals surface area contributed by atoms with E-state index in [1.165, 1.54) is 0 Å². The molecule has 0 spiro atoms. The Balaban J connectivity index is 0.000000342. The molecule has 0 fully saturated rings. The van der Waals surface area contributed by atoms with Crippen molar-refractivity contribution in [3.63, 3.8) is 0 Å². The van der Waals surface area contributed by atoms with Gasteiger partial charge in [-0.15, -0.1) is 0 Å². The van der Waals surface area contributed by atoms with E-state index in [1.54, 1.807) is 38.1 Å². The third kappa shape index (κ3) is 7.94. The first-order valence-electron chi connectivity index (χ1n) is 6.10. The van der Waals surface area contributed by atoms with Crippen LogP contribution in [0.3, 0.4) is 0 Å². The van der Waals surface area contributed by atoms with Crippen LogP contribution in [0.15, 0.2) is 30.3 Å². The van der Waals surface area contributed by atoms with Gasteiger partial charge in [0.2, 0.25) is 5.91 Å². The summed E-state index contributed by atoms with van der Waals surface area (Å²) in [6, 6.07) is 8.76. The second-order valence-corrected chi connectivity index (χ2v) is 4.59. The van der Waals surface area contributed by atoms with Crippen LogP contribution in [0.25, 0.3) is 0 Å². The van der Waals surface area contributed by atoms with Crippen molar-refractivity contribution in [3.05, 3.63) is 35.9 Å². The van der Waals surface area contributed by atoms with E-state index in [-0.39, 0.29) is 11.9 Å². The number of ether oxygens (including phenoxy) is 1. The Morgan fingerprint density at radius 3 is 2.05 bits per heavy atom. The highest BCUT2D eigenvalue weighted by Crippen LogP contribution is 1.99.